The molecule has 1 aliphatic rings. The van der Waals surface area contributed by atoms with Crippen molar-refractivity contribution in [2.75, 3.05) is 0 Å². The summed E-state index contributed by atoms with van der Waals surface area (Å²) in [5.41, 5.74) is 0.878. The molecule has 1 aromatic heterocycles. The highest BCUT2D eigenvalue weighted by molar-refractivity contribution is 5.95. The molecule has 0 saturated heterocycles. The van der Waals surface area contributed by atoms with E-state index in [0.717, 1.165) is 12.2 Å². The van der Waals surface area contributed by atoms with E-state index in [1.165, 1.54) is 0 Å². The number of nitrogens with zero attached hydrogens (tertiary/aromatic N) is 1. The molecule has 0 bridgehead atoms. The van der Waals surface area contributed by atoms with E-state index in [0.29, 0.717) is 12.3 Å². The summed E-state index contributed by atoms with van der Waals surface area (Å²) in [6.07, 6.45) is 2.69. The average Bonchev–Trinajstić information content (AvgIpc) is 2.34. The molecule has 0 N–H and O–H groups in total. The molecule has 0 spiro atoms. The fraction of sp³-hybridized carbons (Fsp3) is 0.444. The van der Waals surface area contributed by atoms with Gasteiger partial charge in [0.15, 0.2) is 5.78 Å². The predicted octanol–water partition coefficient (Wildman–Crippen LogP) is 1.71. The zero-order chi connectivity index (χ0) is 7.84. The second kappa shape index (κ2) is 2.22. The van der Waals surface area contributed by atoms with Crippen molar-refractivity contribution >= 4 is 5.78 Å². The summed E-state index contributed by atoms with van der Waals surface area (Å²) < 4.78 is 2.04. The van der Waals surface area contributed by atoms with Crippen LogP contribution in [0.15, 0.2) is 18.3 Å². The topological polar surface area (TPSA) is 22.0 Å². The number of fused-ring (bicyclic) bond motifs is 1. The van der Waals surface area contributed by atoms with E-state index in [1.807, 2.05) is 22.9 Å². The fourth-order valence-electron chi connectivity index (χ4n) is 1.65. The van der Waals surface area contributed by atoms with Gasteiger partial charge < -0.3 is 4.57 Å². The minimum Gasteiger partial charge on any atom is -0.345 e. The van der Waals surface area contributed by atoms with Gasteiger partial charge in [-0.05, 0) is 18.1 Å². The maximum absolute atomic E-state index is 11.3. The maximum atomic E-state index is 11.3. The Bertz CT molecular complexity index is 288. The van der Waals surface area contributed by atoms with Crippen molar-refractivity contribution < 1.29 is 4.79 Å². The van der Waals surface area contributed by atoms with Crippen molar-refractivity contribution in [3.05, 3.63) is 24.0 Å². The van der Waals surface area contributed by atoms with E-state index in [2.05, 4.69) is 6.92 Å². The molecule has 1 aliphatic heterocycles. The molecule has 2 rings (SSSR count). The number of carbonyl (C=O) groups is 1. The Morgan fingerprint density at radius 1 is 1.64 bits per heavy atom. The Morgan fingerprint density at radius 3 is 3.27 bits per heavy atom. The molecule has 0 aromatic carbocycles. The normalized spacial score (nSPS) is 23.4. The van der Waals surface area contributed by atoms with E-state index < -0.39 is 0 Å². The smallest absolute Gasteiger partial charge is 0.179 e. The third-order valence-electron chi connectivity index (χ3n) is 2.16. The molecule has 0 aliphatic carbocycles. The molecule has 1 aromatic rings. The number of carbonyl (C=O) groups excluding carboxylic acids is 1. The highest BCUT2D eigenvalue weighted by Gasteiger charge is 2.20. The molecule has 0 fully saturated rings. The highest BCUT2D eigenvalue weighted by Crippen LogP contribution is 2.19. The highest BCUT2D eigenvalue weighted by atomic mass is 16.1. The zero-order valence-corrected chi connectivity index (χ0v) is 6.58. The summed E-state index contributed by atoms with van der Waals surface area (Å²) >= 11 is 0. The standard InChI is InChI=1S/C9H11NO/c1-7-5-9(11)8-3-2-4-10(8)6-7/h2-4,7H,5-6H2,1H3. The Labute approximate surface area is 65.8 Å². The second-order valence-electron chi connectivity index (χ2n) is 3.28. The van der Waals surface area contributed by atoms with Crippen LogP contribution < -0.4 is 0 Å². The van der Waals surface area contributed by atoms with Gasteiger partial charge in [0.1, 0.15) is 0 Å². The quantitative estimate of drug-likeness (QED) is 0.550. The zero-order valence-electron chi connectivity index (χ0n) is 6.58. The van der Waals surface area contributed by atoms with Crippen LogP contribution in [0.3, 0.4) is 0 Å². The van der Waals surface area contributed by atoms with Crippen LogP contribution in [0.5, 0.6) is 0 Å². The van der Waals surface area contributed by atoms with Crippen molar-refractivity contribution in [2.45, 2.75) is 19.9 Å². The number of Topliss-reactive ketones (excluding diaryl/α,β-unsaturated/α-hetero) is 1. The Balaban J connectivity index is 2.44. The largest absolute Gasteiger partial charge is 0.345 e. The Morgan fingerprint density at radius 2 is 2.45 bits per heavy atom. The van der Waals surface area contributed by atoms with Crippen molar-refractivity contribution in [1.29, 1.82) is 0 Å². The number of ketones is 1. The average molecular weight is 149 g/mol. The lowest BCUT2D eigenvalue weighted by atomic mass is 9.99. The van der Waals surface area contributed by atoms with E-state index in [1.54, 1.807) is 0 Å². The third kappa shape index (κ3) is 0.985. The number of aromatic nitrogens is 1. The van der Waals surface area contributed by atoms with E-state index in [4.69, 9.17) is 0 Å². The van der Waals surface area contributed by atoms with Crippen molar-refractivity contribution in [3.63, 3.8) is 0 Å². The lowest BCUT2D eigenvalue weighted by Crippen LogP contribution is -2.22. The molecule has 2 heterocycles. The summed E-state index contributed by atoms with van der Waals surface area (Å²) in [5, 5.41) is 0. The van der Waals surface area contributed by atoms with Crippen LogP contribution in [0.1, 0.15) is 23.8 Å². The van der Waals surface area contributed by atoms with Gasteiger partial charge in [-0.3, -0.25) is 4.79 Å². The van der Waals surface area contributed by atoms with Crippen molar-refractivity contribution in [2.24, 2.45) is 5.92 Å². The van der Waals surface area contributed by atoms with Gasteiger partial charge in [0.05, 0.1) is 5.69 Å². The van der Waals surface area contributed by atoms with Crippen molar-refractivity contribution in [3.8, 4) is 0 Å². The monoisotopic (exact) mass is 149 g/mol. The molecular formula is C9H11NO. The Hall–Kier alpha value is -1.05. The van der Waals surface area contributed by atoms with Gasteiger partial charge in [-0.1, -0.05) is 6.92 Å². The number of rotatable bonds is 0. The molecule has 0 saturated carbocycles. The van der Waals surface area contributed by atoms with Crippen LogP contribution in [0.2, 0.25) is 0 Å². The summed E-state index contributed by atoms with van der Waals surface area (Å²) in [5.74, 6) is 0.788. The number of hydrogen-bond acceptors (Lipinski definition) is 1. The molecule has 2 heteroatoms. The summed E-state index contributed by atoms with van der Waals surface area (Å²) in [7, 11) is 0. The first-order chi connectivity index (χ1) is 5.27. The van der Waals surface area contributed by atoms with Gasteiger partial charge in [0, 0.05) is 19.2 Å². The minimum atomic E-state index is 0.286. The first-order valence-electron chi connectivity index (χ1n) is 3.95. The van der Waals surface area contributed by atoms with Crippen LogP contribution in [-0.4, -0.2) is 10.4 Å². The van der Waals surface area contributed by atoms with Crippen LogP contribution in [0.25, 0.3) is 0 Å². The third-order valence-corrected chi connectivity index (χ3v) is 2.16. The molecule has 2 nitrogen and oxygen atoms in total. The van der Waals surface area contributed by atoms with Gasteiger partial charge in [-0.2, -0.15) is 0 Å². The SMILES string of the molecule is CC1CC(=O)c2cccn2C1. The van der Waals surface area contributed by atoms with Gasteiger partial charge in [-0.15, -0.1) is 0 Å². The van der Waals surface area contributed by atoms with Crippen LogP contribution in [0, 0.1) is 5.92 Å². The summed E-state index contributed by atoms with van der Waals surface area (Å²) in [6, 6.07) is 3.83. The van der Waals surface area contributed by atoms with Gasteiger partial charge in [-0.25, -0.2) is 0 Å². The molecular weight excluding hydrogens is 138 g/mol. The molecule has 1 unspecified atom stereocenters. The van der Waals surface area contributed by atoms with Gasteiger partial charge in [0.25, 0.3) is 0 Å². The molecule has 0 amide bonds. The van der Waals surface area contributed by atoms with E-state index >= 15 is 0 Å². The van der Waals surface area contributed by atoms with Crippen LogP contribution in [0.4, 0.5) is 0 Å². The minimum absolute atomic E-state index is 0.286. The number of hydrogen-bond donors (Lipinski definition) is 0. The molecule has 0 radical (unpaired) electrons. The Kier molecular flexibility index (Phi) is 1.34. The predicted molar refractivity (Wildman–Crippen MR) is 42.5 cm³/mol. The van der Waals surface area contributed by atoms with Crippen molar-refractivity contribution in [1.82, 2.24) is 4.57 Å². The first-order valence-corrected chi connectivity index (χ1v) is 3.95. The van der Waals surface area contributed by atoms with Gasteiger partial charge in [0.2, 0.25) is 0 Å². The van der Waals surface area contributed by atoms with Crippen LogP contribution >= 0.6 is 0 Å². The van der Waals surface area contributed by atoms with E-state index in [-0.39, 0.29) is 5.78 Å². The lowest BCUT2D eigenvalue weighted by Gasteiger charge is -2.19. The lowest BCUT2D eigenvalue weighted by molar-refractivity contribution is 0.0929. The van der Waals surface area contributed by atoms with Gasteiger partial charge >= 0.3 is 0 Å². The summed E-state index contributed by atoms with van der Waals surface area (Å²) in [6.45, 7) is 3.11. The summed E-state index contributed by atoms with van der Waals surface area (Å²) in [4.78, 5) is 11.3. The molecule has 1 atom stereocenters. The fourth-order valence-corrected chi connectivity index (χ4v) is 1.65. The molecule has 11 heavy (non-hydrogen) atoms. The second-order valence-corrected chi connectivity index (χ2v) is 3.28. The van der Waals surface area contributed by atoms with Crippen LogP contribution in [-0.2, 0) is 6.54 Å². The maximum Gasteiger partial charge on any atom is 0.179 e. The molecule has 58 valence electrons. The first kappa shape index (κ1) is 6.65. The van der Waals surface area contributed by atoms with E-state index in [9.17, 15) is 4.79 Å².